The predicted octanol–water partition coefficient (Wildman–Crippen LogP) is 2.35. The van der Waals surface area contributed by atoms with Crippen molar-refractivity contribution in [2.24, 2.45) is 7.05 Å². The van der Waals surface area contributed by atoms with Crippen molar-refractivity contribution in [1.82, 2.24) is 24.8 Å². The number of benzene rings is 1. The van der Waals surface area contributed by atoms with Crippen LogP contribution < -0.4 is 15.6 Å². The molecule has 0 spiro atoms. The maximum atomic E-state index is 12.6. The molecule has 3 aromatic rings. The third kappa shape index (κ3) is 4.64. The third-order valence-corrected chi connectivity index (χ3v) is 4.27. The lowest BCUT2D eigenvalue weighted by molar-refractivity contribution is 0.0930. The normalized spacial score (nSPS) is 11.8. The van der Waals surface area contributed by atoms with Crippen LogP contribution in [0.1, 0.15) is 47.8 Å². The van der Waals surface area contributed by atoms with E-state index in [9.17, 15) is 9.59 Å². The molecule has 0 radical (unpaired) electrons. The second-order valence-electron chi connectivity index (χ2n) is 6.39. The molecule has 2 heterocycles. The molecule has 8 heteroatoms. The van der Waals surface area contributed by atoms with E-state index in [1.807, 2.05) is 55.1 Å². The zero-order valence-corrected chi connectivity index (χ0v) is 15.9. The molecule has 2 aromatic heterocycles. The number of aromatic amines is 1. The van der Waals surface area contributed by atoms with Crippen LogP contribution in [0.5, 0.6) is 5.75 Å². The number of nitrogens with one attached hydrogen (secondary N) is 2. The maximum Gasteiger partial charge on any atom is 0.263 e. The van der Waals surface area contributed by atoms with Crippen LogP contribution in [0.4, 0.5) is 0 Å². The fourth-order valence-electron chi connectivity index (χ4n) is 2.84. The lowest BCUT2D eigenvalue weighted by atomic mass is 10.1. The largest absolute Gasteiger partial charge is 0.486 e. The molecule has 0 fully saturated rings. The Labute approximate surface area is 162 Å². The molecule has 1 amide bonds. The average Bonchev–Trinajstić information content (AvgIpc) is 3.12. The molecule has 0 aliphatic carbocycles. The number of hydrogen-bond donors (Lipinski definition) is 2. The van der Waals surface area contributed by atoms with E-state index < -0.39 is 11.5 Å². The highest BCUT2D eigenvalue weighted by molar-refractivity contribution is 5.93. The Balaban J connectivity index is 1.69. The van der Waals surface area contributed by atoms with Gasteiger partial charge in [0.1, 0.15) is 29.6 Å². The summed E-state index contributed by atoms with van der Waals surface area (Å²) in [6.45, 7) is 2.13. The van der Waals surface area contributed by atoms with Crippen LogP contribution in [-0.2, 0) is 13.7 Å². The van der Waals surface area contributed by atoms with Crippen molar-refractivity contribution in [2.45, 2.75) is 32.4 Å². The van der Waals surface area contributed by atoms with Crippen LogP contribution >= 0.6 is 0 Å². The van der Waals surface area contributed by atoms with Gasteiger partial charge < -0.3 is 19.6 Å². The van der Waals surface area contributed by atoms with Crippen molar-refractivity contribution < 1.29 is 9.53 Å². The molecule has 2 N–H and O–H groups in total. The number of nitrogens with zero attached hydrogens (tertiary/aromatic N) is 3. The van der Waals surface area contributed by atoms with Gasteiger partial charge in [0, 0.05) is 25.6 Å². The summed E-state index contributed by atoms with van der Waals surface area (Å²) in [4.78, 5) is 36.0. The second kappa shape index (κ2) is 8.98. The number of carbonyl (C=O) groups is 1. The van der Waals surface area contributed by atoms with E-state index in [-0.39, 0.29) is 18.2 Å². The Kier molecular flexibility index (Phi) is 6.21. The topological polar surface area (TPSA) is 102 Å². The summed E-state index contributed by atoms with van der Waals surface area (Å²) < 4.78 is 7.42. The number of amides is 1. The molecule has 1 unspecified atom stereocenters. The van der Waals surface area contributed by atoms with Gasteiger partial charge in [-0.2, -0.15) is 0 Å². The number of ether oxygens (including phenoxy) is 1. The van der Waals surface area contributed by atoms with E-state index in [2.05, 4.69) is 20.3 Å². The van der Waals surface area contributed by atoms with E-state index in [0.29, 0.717) is 18.0 Å². The van der Waals surface area contributed by atoms with Crippen LogP contribution in [-0.4, -0.2) is 25.4 Å². The van der Waals surface area contributed by atoms with E-state index in [1.54, 1.807) is 6.20 Å². The molecule has 1 atom stereocenters. The second-order valence-corrected chi connectivity index (χ2v) is 6.39. The molecule has 146 valence electrons. The van der Waals surface area contributed by atoms with Crippen molar-refractivity contribution in [1.29, 1.82) is 0 Å². The van der Waals surface area contributed by atoms with Crippen molar-refractivity contribution in [3.63, 3.8) is 0 Å². The molecule has 8 nitrogen and oxygen atoms in total. The van der Waals surface area contributed by atoms with Crippen molar-refractivity contribution in [3.05, 3.63) is 76.5 Å². The van der Waals surface area contributed by atoms with Gasteiger partial charge in [0.05, 0.1) is 6.04 Å². The molecule has 0 bridgehead atoms. The van der Waals surface area contributed by atoms with Gasteiger partial charge in [0.25, 0.3) is 11.5 Å². The standard InChI is InChI=1S/C20H23N5O3/c1-3-7-16(18-21-10-11-25(18)2)23-19(26)15-12-22-17(24-20(15)27)13-28-14-8-5-4-6-9-14/h4-6,8-12,16H,3,7,13H2,1-2H3,(H,23,26)(H,22,24,27). The first-order valence-corrected chi connectivity index (χ1v) is 9.12. The Morgan fingerprint density at radius 3 is 2.71 bits per heavy atom. The zero-order chi connectivity index (χ0) is 19.9. The summed E-state index contributed by atoms with van der Waals surface area (Å²) in [5, 5.41) is 2.88. The highest BCUT2D eigenvalue weighted by Gasteiger charge is 2.20. The fourth-order valence-corrected chi connectivity index (χ4v) is 2.84. The summed E-state index contributed by atoms with van der Waals surface area (Å²) >= 11 is 0. The minimum atomic E-state index is -0.505. The van der Waals surface area contributed by atoms with Gasteiger partial charge in [-0.3, -0.25) is 9.59 Å². The number of H-pyrrole nitrogens is 1. The molecule has 0 saturated heterocycles. The van der Waals surface area contributed by atoms with Crippen LogP contribution in [0.15, 0.2) is 53.7 Å². The quantitative estimate of drug-likeness (QED) is 0.624. The number of carbonyl (C=O) groups excluding carboxylic acids is 1. The maximum absolute atomic E-state index is 12.6. The van der Waals surface area contributed by atoms with Gasteiger partial charge in [0.15, 0.2) is 0 Å². The Bertz CT molecular complexity index is 981. The Hall–Kier alpha value is -3.42. The number of rotatable bonds is 8. The number of hydrogen-bond acceptors (Lipinski definition) is 5. The minimum Gasteiger partial charge on any atom is -0.486 e. The predicted molar refractivity (Wildman–Crippen MR) is 104 cm³/mol. The SMILES string of the molecule is CCCC(NC(=O)c1cnc(COc2ccccc2)[nH]c1=O)c1nccn1C. The van der Waals surface area contributed by atoms with Gasteiger partial charge >= 0.3 is 0 Å². The first kappa shape index (κ1) is 19.3. The summed E-state index contributed by atoms with van der Waals surface area (Å²) in [5.41, 5.74) is -0.548. The van der Waals surface area contributed by atoms with Gasteiger partial charge in [-0.1, -0.05) is 31.5 Å². The lowest BCUT2D eigenvalue weighted by Crippen LogP contribution is -2.34. The van der Waals surface area contributed by atoms with Gasteiger partial charge in [-0.15, -0.1) is 0 Å². The van der Waals surface area contributed by atoms with Crippen molar-refractivity contribution in [3.8, 4) is 5.75 Å². The molecular formula is C20H23N5O3. The van der Waals surface area contributed by atoms with Crippen molar-refractivity contribution >= 4 is 5.91 Å². The van der Waals surface area contributed by atoms with E-state index in [1.165, 1.54) is 6.20 Å². The zero-order valence-electron chi connectivity index (χ0n) is 15.9. The van der Waals surface area contributed by atoms with E-state index >= 15 is 0 Å². The van der Waals surface area contributed by atoms with Gasteiger partial charge in [0.2, 0.25) is 0 Å². The molecule has 0 aliphatic heterocycles. The molecule has 28 heavy (non-hydrogen) atoms. The monoisotopic (exact) mass is 381 g/mol. The molecule has 0 saturated carbocycles. The van der Waals surface area contributed by atoms with Crippen molar-refractivity contribution in [2.75, 3.05) is 0 Å². The van der Waals surface area contributed by atoms with Crippen LogP contribution in [0, 0.1) is 0 Å². The summed E-state index contributed by atoms with van der Waals surface area (Å²) in [6, 6.07) is 8.94. The molecule has 0 aliphatic rings. The Morgan fingerprint density at radius 1 is 1.29 bits per heavy atom. The highest BCUT2D eigenvalue weighted by atomic mass is 16.5. The lowest BCUT2D eigenvalue weighted by Gasteiger charge is -2.17. The van der Waals surface area contributed by atoms with Gasteiger partial charge in [-0.05, 0) is 18.6 Å². The Morgan fingerprint density at radius 2 is 2.07 bits per heavy atom. The van der Waals surface area contributed by atoms with Crippen LogP contribution in [0.2, 0.25) is 0 Å². The first-order chi connectivity index (χ1) is 13.6. The summed E-state index contributed by atoms with van der Waals surface area (Å²) in [6.07, 6.45) is 6.35. The fraction of sp³-hybridized carbons (Fsp3) is 0.300. The van der Waals surface area contributed by atoms with E-state index in [4.69, 9.17) is 4.74 Å². The number of para-hydroxylation sites is 1. The number of imidazole rings is 1. The molecule has 1 aromatic carbocycles. The molecule has 3 rings (SSSR count). The van der Waals surface area contributed by atoms with Crippen LogP contribution in [0.3, 0.4) is 0 Å². The third-order valence-electron chi connectivity index (χ3n) is 4.27. The average molecular weight is 381 g/mol. The summed E-state index contributed by atoms with van der Waals surface area (Å²) in [5.74, 6) is 1.28. The van der Waals surface area contributed by atoms with Crippen LogP contribution in [0.25, 0.3) is 0 Å². The first-order valence-electron chi connectivity index (χ1n) is 9.12. The number of aryl methyl sites for hydroxylation is 1. The highest BCUT2D eigenvalue weighted by Crippen LogP contribution is 2.16. The number of aromatic nitrogens is 4. The molecular weight excluding hydrogens is 358 g/mol. The minimum absolute atomic E-state index is 0.0428. The summed E-state index contributed by atoms with van der Waals surface area (Å²) in [7, 11) is 1.87. The smallest absolute Gasteiger partial charge is 0.263 e. The van der Waals surface area contributed by atoms with Gasteiger partial charge in [-0.25, -0.2) is 9.97 Å². The van der Waals surface area contributed by atoms with E-state index in [0.717, 1.165) is 12.2 Å².